The van der Waals surface area contributed by atoms with Gasteiger partial charge >= 0.3 is 6.18 Å². The quantitative estimate of drug-likeness (QED) is 0.00818. The summed E-state index contributed by atoms with van der Waals surface area (Å²) in [5, 5.41) is 5.40. The van der Waals surface area contributed by atoms with Crippen LogP contribution in [0, 0.1) is 0 Å². The lowest BCUT2D eigenvalue weighted by molar-refractivity contribution is -0.437. The highest BCUT2D eigenvalue weighted by molar-refractivity contribution is 7.87. The van der Waals surface area contributed by atoms with Crippen molar-refractivity contribution in [3.05, 3.63) is 178 Å². The Hall–Kier alpha value is -8.37. The number of ether oxygens (including phenoxy) is 1. The number of hydrogen-bond acceptors (Lipinski definition) is 18. The number of carbonyl (C=O) groups is 2. The monoisotopic (exact) mass is 1590 g/mol. The van der Waals surface area contributed by atoms with E-state index in [4.69, 9.17) is 10.5 Å². The average molecular weight is 1590 g/mol. The molecule has 7 aromatic rings. The smallest absolute Gasteiger partial charge is 0.433 e. The van der Waals surface area contributed by atoms with Crippen LogP contribution in [0.25, 0.3) is 27.1 Å². The number of aromatic nitrogens is 1. The average Bonchev–Trinajstić information content (AvgIpc) is 1.56. The van der Waals surface area contributed by atoms with Crippen molar-refractivity contribution < 1.29 is 110 Å². The van der Waals surface area contributed by atoms with Gasteiger partial charge in [0.2, 0.25) is 17.5 Å². The second kappa shape index (κ2) is 31.8. The van der Waals surface area contributed by atoms with Crippen molar-refractivity contribution in [2.24, 2.45) is 5.73 Å². The summed E-state index contributed by atoms with van der Waals surface area (Å²) in [5.74, 6) is -2.29. The number of nitrogens with two attached hydrogens (primary N) is 1. The van der Waals surface area contributed by atoms with Crippen LogP contribution < -0.4 is 26.0 Å². The number of benzene rings is 6. The molecule has 0 aliphatic carbocycles. The van der Waals surface area contributed by atoms with E-state index in [9.17, 15) is 101 Å². The summed E-state index contributed by atoms with van der Waals surface area (Å²) in [6.07, 6.45) is 5.94. The minimum Gasteiger partial charge on any atom is -0.439 e. The molecule has 36 heteroatoms. The molecule has 570 valence electrons. The molecule has 0 saturated carbocycles. The van der Waals surface area contributed by atoms with E-state index in [0.717, 1.165) is 30.2 Å². The van der Waals surface area contributed by atoms with Crippen LogP contribution in [0.15, 0.2) is 159 Å². The van der Waals surface area contributed by atoms with Crippen LogP contribution in [0.2, 0.25) is 0 Å². The van der Waals surface area contributed by atoms with Crippen molar-refractivity contribution in [1.29, 1.82) is 0 Å². The molecule has 3 heterocycles. The first-order chi connectivity index (χ1) is 49.3. The fourth-order valence-corrected chi connectivity index (χ4v) is 17.0. The maximum atomic E-state index is 13.4. The highest BCUT2D eigenvalue weighted by atomic mass is 32.2. The molecule has 0 atom stereocenters. The van der Waals surface area contributed by atoms with Gasteiger partial charge in [0, 0.05) is 95.9 Å². The van der Waals surface area contributed by atoms with E-state index in [1.807, 2.05) is 12.1 Å². The van der Waals surface area contributed by atoms with Crippen LogP contribution >= 0.6 is 0 Å². The van der Waals surface area contributed by atoms with E-state index in [1.54, 1.807) is 73.6 Å². The van der Waals surface area contributed by atoms with Crippen LogP contribution in [-0.2, 0) is 95.5 Å². The summed E-state index contributed by atoms with van der Waals surface area (Å²) >= 11 is 0. The number of halogens is 3. The van der Waals surface area contributed by atoms with Crippen LogP contribution in [0.4, 0.5) is 24.5 Å². The first-order valence-electron chi connectivity index (χ1n) is 33.0. The number of unbranched alkanes of at least 4 members (excludes halogenated alkanes) is 4. The molecule has 0 radical (unpaired) electrons. The number of rotatable bonds is 32. The lowest BCUT2D eigenvalue weighted by atomic mass is 9.78. The zero-order chi connectivity index (χ0) is 77.9. The number of allylic oxidation sites excluding steroid dienone is 6. The van der Waals surface area contributed by atoms with E-state index in [-0.39, 0.29) is 100 Å². The van der Waals surface area contributed by atoms with Gasteiger partial charge in [0.05, 0.1) is 26.7 Å². The van der Waals surface area contributed by atoms with Gasteiger partial charge in [-0.1, -0.05) is 69.2 Å². The summed E-state index contributed by atoms with van der Waals surface area (Å²) in [4.78, 5) is 27.8. The number of hydrogen-bond donors (Lipinski definition) is 9. The fourth-order valence-electron chi connectivity index (χ4n) is 13.3. The molecule has 2 amide bonds. The van der Waals surface area contributed by atoms with E-state index >= 15 is 0 Å². The lowest BCUT2D eigenvalue weighted by Crippen LogP contribution is -2.28. The van der Waals surface area contributed by atoms with Crippen molar-refractivity contribution in [3.8, 4) is 11.6 Å². The van der Waals surface area contributed by atoms with Crippen LogP contribution in [0.1, 0.15) is 129 Å². The maximum absolute atomic E-state index is 13.4. The summed E-state index contributed by atoms with van der Waals surface area (Å²) in [6, 6.07) is 24.1. The number of carbonyl (C=O) groups excluding carboxylic acids is 2. The molecule has 6 aromatic carbocycles. The Labute approximate surface area is 611 Å². The SMILES string of the molecule is CC1(C)C(/C=C/C(=C/C=C2\N(CCCS(=O)(=O)O)c3ccc4c(S(=O)(=O)O)cc(S(=O)(=O)O)cc4c3C2(C)C)c2cccc(CCCCC(=O)NCCCCCCNC(=O)c3cccc(Oc4cc(CN)cc(C(F)(F)F)n4)c3)c2)=[N+](CCCS(=O)(=O)O)c2ccc3c(S(=O)(=O)O)cc(S(=O)(=O)O)cc3c21. The molecule has 0 fully saturated rings. The highest BCUT2D eigenvalue weighted by Gasteiger charge is 2.47. The van der Waals surface area contributed by atoms with E-state index in [1.165, 1.54) is 54.6 Å². The van der Waals surface area contributed by atoms with Gasteiger partial charge in [-0.3, -0.25) is 36.9 Å². The number of fused-ring (bicyclic) bond motifs is 6. The first-order valence-corrected chi connectivity index (χ1v) is 42.0. The summed E-state index contributed by atoms with van der Waals surface area (Å²) in [7, 11) is -29.7. The molecule has 0 unspecified atom stereocenters. The lowest BCUT2D eigenvalue weighted by Gasteiger charge is -2.27. The number of nitrogens with zero attached hydrogens (tertiary/aromatic N) is 3. The minimum atomic E-state index is -5.17. The number of pyridine rings is 1. The number of nitrogens with one attached hydrogen (secondary N) is 2. The van der Waals surface area contributed by atoms with Crippen molar-refractivity contribution in [2.45, 2.75) is 135 Å². The minimum absolute atomic E-state index is 0.0362. The highest BCUT2D eigenvalue weighted by Crippen LogP contribution is 2.53. The van der Waals surface area contributed by atoms with Crippen molar-refractivity contribution in [3.63, 3.8) is 0 Å². The van der Waals surface area contributed by atoms with Gasteiger partial charge in [-0.2, -0.15) is 68.3 Å². The Kier molecular flexibility index (Phi) is 24.5. The summed E-state index contributed by atoms with van der Waals surface area (Å²) in [5.41, 5.74) is 5.92. The van der Waals surface area contributed by atoms with Gasteiger partial charge in [0.25, 0.3) is 66.6 Å². The zero-order valence-electron chi connectivity index (χ0n) is 57.5. The molecule has 0 bridgehead atoms. The third-order valence-corrected chi connectivity index (χ3v) is 23.2. The Morgan fingerprint density at radius 1 is 0.604 bits per heavy atom. The first kappa shape index (κ1) is 81.7. The van der Waals surface area contributed by atoms with E-state index in [2.05, 4.69) is 15.6 Å². The third-order valence-electron chi connectivity index (χ3n) is 18.2. The predicted octanol–water partition coefficient (Wildman–Crippen LogP) is 10.7. The van der Waals surface area contributed by atoms with Crippen LogP contribution in [0.3, 0.4) is 0 Å². The molecule has 0 spiro atoms. The maximum Gasteiger partial charge on any atom is 0.433 e. The Bertz CT molecular complexity index is 5510. The van der Waals surface area contributed by atoms with Gasteiger partial charge < -0.3 is 26.0 Å². The molecule has 106 heavy (non-hydrogen) atoms. The summed E-state index contributed by atoms with van der Waals surface area (Å²) < 4.78 is 260. The van der Waals surface area contributed by atoms with Crippen molar-refractivity contribution in [2.75, 3.05) is 42.6 Å². The standard InChI is InChI=1S/C70H77F3N6O21S6/c1-68(2)61(78(31-13-33-101(82,83)84)56-25-23-52-54(65(56)68)39-50(103(88,89)90)41-58(52)105(94,95)96)27-21-46(22-28-62-69(3,4)66-55-40-51(104(91,92)93)42-59(106(97,98)99)53(55)24-26-57(66)79(62)32-14-34-102(85,86)87)47-17-11-16-44(35-47)15-7-8-20-63(80)75-29-9-5-6-10-30-76-67(81)48-18-12-19-49(38-48)100-64-37-45(43-74)36-60(77-64)70(71,72)73/h11-12,16-19,21-28,35-42H,5-10,13-15,20,29-34,43,74H2,1-4H3,(H7-,75,76,80,81,82,83,84,85,86,87,88,89,90,91,92,93,94,95,96,97,98,99)/p+1. The largest absolute Gasteiger partial charge is 0.439 e. The molecule has 2 aliphatic heterocycles. The van der Waals surface area contributed by atoms with Gasteiger partial charge in [-0.25, -0.2) is 4.98 Å². The molecule has 9 rings (SSSR count). The van der Waals surface area contributed by atoms with Crippen molar-refractivity contribution in [1.82, 2.24) is 15.6 Å². The molecule has 0 saturated heterocycles. The zero-order valence-corrected chi connectivity index (χ0v) is 62.4. The molecule has 10 N–H and O–H groups in total. The number of alkyl halides is 3. The second-order valence-electron chi connectivity index (χ2n) is 26.5. The van der Waals surface area contributed by atoms with Gasteiger partial charge in [-0.15, -0.1) is 0 Å². The normalized spacial score (nSPS) is 15.4. The third kappa shape index (κ3) is 19.9. The second-order valence-corrected chi connectivity index (χ2v) is 35.3. The van der Waals surface area contributed by atoms with Crippen molar-refractivity contribution >= 4 is 117 Å². The predicted molar refractivity (Wildman–Crippen MR) is 389 cm³/mol. The molecular weight excluding hydrogens is 1510 g/mol. The number of amides is 2. The molecular formula is C70H78F3N6O21S6+. The van der Waals surface area contributed by atoms with Gasteiger partial charge in [0.1, 0.15) is 27.8 Å². The Balaban J connectivity index is 0.975. The van der Waals surface area contributed by atoms with E-state index < -0.39 is 120 Å². The molecule has 2 aliphatic rings. The number of anilines is 1. The Morgan fingerprint density at radius 3 is 1.78 bits per heavy atom. The van der Waals surface area contributed by atoms with Gasteiger partial charge in [0.15, 0.2) is 5.71 Å². The number of aryl methyl sites for hydroxylation is 1. The fraction of sp³-hybridized carbons (Fsp3) is 0.343. The topological polar surface area (TPSA) is 439 Å². The molecule has 27 nitrogen and oxygen atoms in total. The Morgan fingerprint density at radius 2 is 1.19 bits per heavy atom. The summed E-state index contributed by atoms with van der Waals surface area (Å²) in [6.45, 7) is 7.08. The van der Waals surface area contributed by atoms with Gasteiger partial charge in [-0.05, 0) is 164 Å². The van der Waals surface area contributed by atoms with Crippen LogP contribution in [-0.4, -0.2) is 143 Å². The van der Waals surface area contributed by atoms with Crippen LogP contribution in [0.5, 0.6) is 11.6 Å². The van der Waals surface area contributed by atoms with E-state index in [0.29, 0.717) is 97.7 Å². The molecule has 1 aromatic heterocycles.